The number of aliphatic carboxylic acids is 1. The molecule has 0 aromatic carbocycles. The zero-order valence-corrected chi connectivity index (χ0v) is 11.8. The second kappa shape index (κ2) is 5.23. The Morgan fingerprint density at radius 3 is 3.26 bits per heavy atom. The fourth-order valence-corrected chi connectivity index (χ4v) is 4.27. The monoisotopic (exact) mass is 280 g/mol. The maximum Gasteiger partial charge on any atom is 0.303 e. The van der Waals surface area contributed by atoms with Crippen molar-refractivity contribution in [3.8, 4) is 0 Å². The molecule has 19 heavy (non-hydrogen) atoms. The highest BCUT2D eigenvalue weighted by atomic mass is 32.1. The molecule has 1 aromatic heterocycles. The van der Waals surface area contributed by atoms with E-state index in [1.165, 1.54) is 5.56 Å². The fraction of sp³-hybridized carbons (Fsp3) is 0.643. The van der Waals surface area contributed by atoms with Gasteiger partial charge < -0.3 is 10.4 Å². The van der Waals surface area contributed by atoms with E-state index in [4.69, 9.17) is 5.11 Å². The van der Waals surface area contributed by atoms with Crippen molar-refractivity contribution in [1.82, 2.24) is 10.2 Å². The zero-order valence-electron chi connectivity index (χ0n) is 11.0. The van der Waals surface area contributed by atoms with Gasteiger partial charge in [-0.2, -0.15) is 11.3 Å². The zero-order chi connectivity index (χ0) is 13.3. The maximum absolute atomic E-state index is 10.8. The quantitative estimate of drug-likeness (QED) is 0.861. The number of carboxylic acids is 1. The first-order chi connectivity index (χ1) is 9.18. The largest absolute Gasteiger partial charge is 0.481 e. The van der Waals surface area contributed by atoms with Crippen LogP contribution in [-0.4, -0.2) is 42.2 Å². The number of carbonyl (C=O) groups is 1. The Morgan fingerprint density at radius 1 is 1.63 bits per heavy atom. The summed E-state index contributed by atoms with van der Waals surface area (Å²) in [6.07, 6.45) is 1.10. The van der Waals surface area contributed by atoms with Gasteiger partial charge in [-0.3, -0.25) is 9.69 Å². The van der Waals surface area contributed by atoms with Crippen molar-refractivity contribution in [2.75, 3.05) is 26.2 Å². The number of nitrogens with one attached hydrogen (secondary N) is 1. The number of hydrogen-bond acceptors (Lipinski definition) is 4. The van der Waals surface area contributed by atoms with Crippen LogP contribution in [0.25, 0.3) is 0 Å². The van der Waals surface area contributed by atoms with E-state index in [0.29, 0.717) is 12.3 Å². The summed E-state index contributed by atoms with van der Waals surface area (Å²) in [6, 6.07) is 2.18. The predicted octanol–water partition coefficient (Wildman–Crippen LogP) is 1.63. The van der Waals surface area contributed by atoms with Gasteiger partial charge in [0.1, 0.15) is 0 Å². The van der Waals surface area contributed by atoms with Crippen LogP contribution in [0.2, 0.25) is 0 Å². The summed E-state index contributed by atoms with van der Waals surface area (Å²) in [6.45, 7) is 5.16. The number of hydrogen-bond donors (Lipinski definition) is 2. The van der Waals surface area contributed by atoms with Crippen LogP contribution in [0.4, 0.5) is 0 Å². The van der Waals surface area contributed by atoms with Gasteiger partial charge in [-0.1, -0.05) is 0 Å². The number of likely N-dealkylation sites (tertiary alicyclic amines) is 1. The van der Waals surface area contributed by atoms with Gasteiger partial charge in [-0.25, -0.2) is 0 Å². The fourth-order valence-electron chi connectivity index (χ4n) is 3.61. The molecule has 0 spiro atoms. The number of rotatable bonds is 5. The average molecular weight is 280 g/mol. The van der Waals surface area contributed by atoms with Crippen LogP contribution in [0.1, 0.15) is 18.4 Å². The minimum absolute atomic E-state index is 0.189. The van der Waals surface area contributed by atoms with E-state index in [2.05, 4.69) is 27.0 Å². The van der Waals surface area contributed by atoms with E-state index < -0.39 is 5.97 Å². The van der Waals surface area contributed by atoms with Crippen molar-refractivity contribution in [3.05, 3.63) is 22.4 Å². The second-order valence-electron chi connectivity index (χ2n) is 5.89. The molecule has 4 nitrogen and oxygen atoms in total. The molecule has 2 atom stereocenters. The normalized spacial score (nSPS) is 30.6. The van der Waals surface area contributed by atoms with Crippen LogP contribution in [0.3, 0.4) is 0 Å². The Labute approximate surface area is 117 Å². The topological polar surface area (TPSA) is 52.6 Å². The van der Waals surface area contributed by atoms with Crippen LogP contribution in [0.5, 0.6) is 0 Å². The molecule has 2 aliphatic rings. The van der Waals surface area contributed by atoms with Gasteiger partial charge in [0.25, 0.3) is 0 Å². The van der Waals surface area contributed by atoms with E-state index in [9.17, 15) is 4.79 Å². The molecule has 2 N–H and O–H groups in total. The van der Waals surface area contributed by atoms with Crippen LogP contribution < -0.4 is 5.32 Å². The molecule has 0 aliphatic carbocycles. The van der Waals surface area contributed by atoms with Crippen molar-refractivity contribution in [1.29, 1.82) is 0 Å². The molecular weight excluding hydrogens is 260 g/mol. The lowest BCUT2D eigenvalue weighted by atomic mass is 9.77. The molecule has 2 aliphatic heterocycles. The molecule has 5 heteroatoms. The molecule has 0 saturated carbocycles. The molecule has 3 heterocycles. The van der Waals surface area contributed by atoms with Crippen LogP contribution in [0, 0.1) is 11.3 Å². The summed E-state index contributed by atoms with van der Waals surface area (Å²) in [5.74, 6) is -0.0539. The third kappa shape index (κ3) is 2.68. The first-order valence-corrected chi connectivity index (χ1v) is 7.78. The van der Waals surface area contributed by atoms with Crippen molar-refractivity contribution in [2.24, 2.45) is 11.3 Å². The lowest BCUT2D eigenvalue weighted by molar-refractivity contribution is -0.137. The highest BCUT2D eigenvalue weighted by Gasteiger charge is 2.49. The van der Waals surface area contributed by atoms with E-state index >= 15 is 0 Å². The standard InChI is InChI=1S/C14H20N2O2S/c17-13(18)1-3-14-9-15-5-12(14)7-16(10-14)6-11-2-4-19-8-11/h2,4,8,12,15H,1,3,5-7,9-10H2,(H,17,18). The Kier molecular flexibility index (Phi) is 3.60. The first-order valence-electron chi connectivity index (χ1n) is 6.84. The summed E-state index contributed by atoms with van der Waals surface area (Å²) >= 11 is 1.74. The van der Waals surface area contributed by atoms with Crippen molar-refractivity contribution < 1.29 is 9.90 Å². The average Bonchev–Trinajstić information content (AvgIpc) is 3.02. The predicted molar refractivity (Wildman–Crippen MR) is 75.3 cm³/mol. The Hall–Kier alpha value is -0.910. The number of nitrogens with zero attached hydrogens (tertiary/aromatic N) is 1. The minimum atomic E-state index is -0.670. The Morgan fingerprint density at radius 2 is 2.53 bits per heavy atom. The molecule has 104 valence electrons. The first kappa shape index (κ1) is 13.1. The Bertz CT molecular complexity index is 448. The van der Waals surface area contributed by atoms with Crippen molar-refractivity contribution in [2.45, 2.75) is 19.4 Å². The number of thiophene rings is 1. The van der Waals surface area contributed by atoms with Crippen LogP contribution in [-0.2, 0) is 11.3 Å². The van der Waals surface area contributed by atoms with Gasteiger partial charge in [0.2, 0.25) is 0 Å². The smallest absolute Gasteiger partial charge is 0.303 e. The van der Waals surface area contributed by atoms with Gasteiger partial charge in [-0.15, -0.1) is 0 Å². The summed E-state index contributed by atoms with van der Waals surface area (Å²) in [5.41, 5.74) is 1.57. The van der Waals surface area contributed by atoms with E-state index in [1.807, 2.05) is 0 Å². The Balaban J connectivity index is 1.65. The third-order valence-electron chi connectivity index (χ3n) is 4.57. The third-order valence-corrected chi connectivity index (χ3v) is 5.31. The highest BCUT2D eigenvalue weighted by molar-refractivity contribution is 7.07. The van der Waals surface area contributed by atoms with Gasteiger partial charge in [0.05, 0.1) is 0 Å². The molecule has 2 saturated heterocycles. The maximum atomic E-state index is 10.8. The summed E-state index contributed by atoms with van der Waals surface area (Å²) in [7, 11) is 0. The molecule has 2 unspecified atom stereocenters. The molecule has 1 aromatic rings. The number of fused-ring (bicyclic) bond motifs is 1. The summed E-state index contributed by atoms with van der Waals surface area (Å²) < 4.78 is 0. The second-order valence-corrected chi connectivity index (χ2v) is 6.67. The highest BCUT2D eigenvalue weighted by Crippen LogP contribution is 2.43. The van der Waals surface area contributed by atoms with Gasteiger partial charge in [0, 0.05) is 38.0 Å². The van der Waals surface area contributed by atoms with Gasteiger partial charge in [0.15, 0.2) is 0 Å². The molecule has 0 amide bonds. The molecule has 3 rings (SSSR count). The molecular formula is C14H20N2O2S. The SMILES string of the molecule is O=C(O)CCC12CNCC1CN(Cc1ccsc1)C2. The lowest BCUT2D eigenvalue weighted by Crippen LogP contribution is -2.33. The summed E-state index contributed by atoms with van der Waals surface area (Å²) in [5, 5.41) is 16.7. The van der Waals surface area contributed by atoms with E-state index in [-0.39, 0.29) is 5.41 Å². The minimum Gasteiger partial charge on any atom is -0.481 e. The molecule has 0 radical (unpaired) electrons. The lowest BCUT2D eigenvalue weighted by Gasteiger charge is -2.27. The van der Waals surface area contributed by atoms with Crippen molar-refractivity contribution >= 4 is 17.3 Å². The number of carboxylic acid groups (broad SMARTS) is 1. The van der Waals surface area contributed by atoms with E-state index in [0.717, 1.165) is 39.1 Å². The van der Waals surface area contributed by atoms with E-state index in [1.54, 1.807) is 11.3 Å². The van der Waals surface area contributed by atoms with Crippen LogP contribution >= 0.6 is 11.3 Å². The van der Waals surface area contributed by atoms with Gasteiger partial charge in [-0.05, 0) is 41.3 Å². The molecule has 0 bridgehead atoms. The van der Waals surface area contributed by atoms with Gasteiger partial charge >= 0.3 is 5.97 Å². The summed E-state index contributed by atoms with van der Waals surface area (Å²) in [4.78, 5) is 13.3. The molecule has 2 fully saturated rings. The van der Waals surface area contributed by atoms with Crippen LogP contribution in [0.15, 0.2) is 16.8 Å². The van der Waals surface area contributed by atoms with Crippen molar-refractivity contribution in [3.63, 3.8) is 0 Å².